The van der Waals surface area contributed by atoms with Gasteiger partial charge < -0.3 is 4.52 Å². The molecule has 6 heteroatoms. The second kappa shape index (κ2) is 6.11. The van der Waals surface area contributed by atoms with E-state index in [1.807, 2.05) is 38.4 Å². The first-order valence-electron chi connectivity index (χ1n) is 7.01. The number of halogens is 1. The van der Waals surface area contributed by atoms with Gasteiger partial charge in [0.15, 0.2) is 0 Å². The molecular formula is C16H17FN4O. The van der Waals surface area contributed by atoms with Crippen LogP contribution < -0.4 is 0 Å². The first-order valence-corrected chi connectivity index (χ1v) is 7.01. The Morgan fingerprint density at radius 3 is 2.73 bits per heavy atom. The highest BCUT2D eigenvalue weighted by molar-refractivity contribution is 5.31. The molecule has 0 aliphatic carbocycles. The Morgan fingerprint density at radius 2 is 2.00 bits per heavy atom. The zero-order chi connectivity index (χ0) is 15.5. The second-order valence-electron chi connectivity index (χ2n) is 5.33. The van der Waals surface area contributed by atoms with Crippen LogP contribution in [-0.4, -0.2) is 26.9 Å². The summed E-state index contributed by atoms with van der Waals surface area (Å²) in [7, 11) is 1.99. The predicted molar refractivity (Wildman–Crippen MR) is 79.9 cm³/mol. The molecule has 3 rings (SSSR count). The average Bonchev–Trinajstić information content (AvgIpc) is 3.08. The molecule has 0 aliphatic rings. The van der Waals surface area contributed by atoms with E-state index >= 15 is 0 Å². The first kappa shape index (κ1) is 14.5. The Morgan fingerprint density at radius 1 is 1.18 bits per heavy atom. The highest BCUT2D eigenvalue weighted by Gasteiger charge is 2.08. The van der Waals surface area contributed by atoms with E-state index in [2.05, 4.69) is 15.2 Å². The van der Waals surface area contributed by atoms with Gasteiger partial charge >= 0.3 is 0 Å². The summed E-state index contributed by atoms with van der Waals surface area (Å²) in [6, 6.07) is 10.2. The fraction of sp³-hybridized carbons (Fsp3) is 0.250. The molecule has 0 bridgehead atoms. The Kier molecular flexibility index (Phi) is 4.02. The van der Waals surface area contributed by atoms with Crippen LogP contribution in [0.1, 0.15) is 17.1 Å². The van der Waals surface area contributed by atoms with E-state index in [1.165, 1.54) is 12.1 Å². The minimum Gasteiger partial charge on any atom is -0.361 e. The SMILES string of the molecule is Cc1cc(CN(C)Cc2ccn(-c3cccc(F)c3)n2)no1. The molecule has 114 valence electrons. The normalized spacial score (nSPS) is 11.3. The number of aryl methyl sites for hydroxylation is 1. The minimum absolute atomic E-state index is 0.270. The van der Waals surface area contributed by atoms with Crippen molar-refractivity contribution in [3.8, 4) is 5.69 Å². The van der Waals surface area contributed by atoms with Crippen LogP contribution in [0, 0.1) is 12.7 Å². The summed E-state index contributed by atoms with van der Waals surface area (Å²) < 4.78 is 20.0. The van der Waals surface area contributed by atoms with Crippen molar-refractivity contribution in [2.45, 2.75) is 20.0 Å². The molecule has 3 aromatic rings. The largest absolute Gasteiger partial charge is 0.361 e. The van der Waals surface area contributed by atoms with Gasteiger partial charge in [0.2, 0.25) is 0 Å². The Bertz CT molecular complexity index is 765. The van der Waals surface area contributed by atoms with Crippen molar-refractivity contribution in [2.75, 3.05) is 7.05 Å². The minimum atomic E-state index is -0.270. The van der Waals surface area contributed by atoms with Crippen molar-refractivity contribution in [3.05, 3.63) is 65.6 Å². The van der Waals surface area contributed by atoms with Gasteiger partial charge in [-0.05, 0) is 38.2 Å². The molecule has 0 unspecified atom stereocenters. The standard InChI is InChI=1S/C16H17FN4O/c1-12-8-15(19-22-12)11-20(2)10-14-6-7-21(18-14)16-5-3-4-13(17)9-16/h3-9H,10-11H2,1-2H3. The fourth-order valence-electron chi connectivity index (χ4n) is 2.31. The number of benzene rings is 1. The van der Waals surface area contributed by atoms with Crippen molar-refractivity contribution >= 4 is 0 Å². The summed E-state index contributed by atoms with van der Waals surface area (Å²) in [5, 5.41) is 8.45. The van der Waals surface area contributed by atoms with Crippen LogP contribution in [-0.2, 0) is 13.1 Å². The predicted octanol–water partition coefficient (Wildman–Crippen LogP) is 2.94. The van der Waals surface area contributed by atoms with Gasteiger partial charge in [0.05, 0.1) is 17.1 Å². The molecule has 0 radical (unpaired) electrons. The van der Waals surface area contributed by atoms with Gasteiger partial charge in [0.1, 0.15) is 11.6 Å². The zero-order valence-corrected chi connectivity index (χ0v) is 12.5. The molecule has 0 N–H and O–H groups in total. The quantitative estimate of drug-likeness (QED) is 0.727. The van der Waals surface area contributed by atoms with Crippen LogP contribution in [0.3, 0.4) is 0 Å². The van der Waals surface area contributed by atoms with Crippen LogP contribution in [0.5, 0.6) is 0 Å². The molecule has 22 heavy (non-hydrogen) atoms. The van der Waals surface area contributed by atoms with Crippen LogP contribution in [0.15, 0.2) is 47.1 Å². The molecule has 0 atom stereocenters. The second-order valence-corrected chi connectivity index (χ2v) is 5.33. The highest BCUT2D eigenvalue weighted by atomic mass is 19.1. The molecule has 0 aliphatic heterocycles. The molecule has 2 heterocycles. The molecule has 0 amide bonds. The van der Waals surface area contributed by atoms with Gasteiger partial charge in [-0.1, -0.05) is 11.2 Å². The van der Waals surface area contributed by atoms with Crippen molar-refractivity contribution in [1.82, 2.24) is 19.8 Å². The maximum Gasteiger partial charge on any atom is 0.133 e. The van der Waals surface area contributed by atoms with Crippen molar-refractivity contribution in [2.24, 2.45) is 0 Å². The van der Waals surface area contributed by atoms with E-state index in [1.54, 1.807) is 10.7 Å². The van der Waals surface area contributed by atoms with Crippen molar-refractivity contribution in [1.29, 1.82) is 0 Å². The summed E-state index contributed by atoms with van der Waals surface area (Å²) in [5.74, 6) is 0.534. The number of nitrogens with zero attached hydrogens (tertiary/aromatic N) is 4. The summed E-state index contributed by atoms with van der Waals surface area (Å²) >= 11 is 0. The van der Waals surface area contributed by atoms with Crippen molar-refractivity contribution in [3.63, 3.8) is 0 Å². The van der Waals surface area contributed by atoms with E-state index in [0.717, 1.165) is 17.1 Å². The Balaban J connectivity index is 1.66. The van der Waals surface area contributed by atoms with E-state index in [-0.39, 0.29) is 5.82 Å². The molecule has 2 aromatic heterocycles. The third kappa shape index (κ3) is 3.40. The number of rotatable bonds is 5. The van der Waals surface area contributed by atoms with Gasteiger partial charge in [-0.15, -0.1) is 0 Å². The van der Waals surface area contributed by atoms with Gasteiger partial charge in [0.25, 0.3) is 0 Å². The van der Waals surface area contributed by atoms with Gasteiger partial charge in [0, 0.05) is 25.4 Å². The van der Waals surface area contributed by atoms with E-state index < -0.39 is 0 Å². The lowest BCUT2D eigenvalue weighted by molar-refractivity contribution is 0.298. The maximum atomic E-state index is 13.2. The topological polar surface area (TPSA) is 47.1 Å². The molecule has 0 fully saturated rings. The highest BCUT2D eigenvalue weighted by Crippen LogP contribution is 2.11. The smallest absolute Gasteiger partial charge is 0.133 e. The summed E-state index contributed by atoms with van der Waals surface area (Å²) in [4.78, 5) is 2.09. The summed E-state index contributed by atoms with van der Waals surface area (Å²) in [6.07, 6.45) is 1.83. The molecule has 5 nitrogen and oxygen atoms in total. The van der Waals surface area contributed by atoms with Crippen LogP contribution in [0.25, 0.3) is 5.69 Å². The maximum absolute atomic E-state index is 13.2. The Hall–Kier alpha value is -2.47. The first-order chi connectivity index (χ1) is 10.6. The van der Waals surface area contributed by atoms with Crippen LogP contribution >= 0.6 is 0 Å². The average molecular weight is 300 g/mol. The summed E-state index contributed by atoms with van der Waals surface area (Å²) in [5.41, 5.74) is 2.51. The van der Waals surface area contributed by atoms with Gasteiger partial charge in [-0.25, -0.2) is 9.07 Å². The zero-order valence-electron chi connectivity index (χ0n) is 12.5. The lowest BCUT2D eigenvalue weighted by atomic mass is 10.3. The molecular weight excluding hydrogens is 283 g/mol. The number of hydrogen-bond donors (Lipinski definition) is 0. The van der Waals surface area contributed by atoms with Crippen LogP contribution in [0.2, 0.25) is 0 Å². The summed E-state index contributed by atoms with van der Waals surface area (Å²) in [6.45, 7) is 3.23. The lowest BCUT2D eigenvalue weighted by Crippen LogP contribution is -2.17. The van der Waals surface area contributed by atoms with Crippen molar-refractivity contribution < 1.29 is 8.91 Å². The van der Waals surface area contributed by atoms with E-state index in [9.17, 15) is 4.39 Å². The van der Waals surface area contributed by atoms with Gasteiger partial charge in [-0.3, -0.25) is 4.90 Å². The lowest BCUT2D eigenvalue weighted by Gasteiger charge is -2.12. The van der Waals surface area contributed by atoms with E-state index in [4.69, 9.17) is 4.52 Å². The third-order valence-corrected chi connectivity index (χ3v) is 3.26. The van der Waals surface area contributed by atoms with Crippen LogP contribution in [0.4, 0.5) is 4.39 Å². The molecule has 0 saturated heterocycles. The number of hydrogen-bond acceptors (Lipinski definition) is 4. The Labute approximate surface area is 128 Å². The molecule has 0 spiro atoms. The van der Waals surface area contributed by atoms with E-state index in [0.29, 0.717) is 18.8 Å². The third-order valence-electron chi connectivity index (χ3n) is 3.26. The fourth-order valence-corrected chi connectivity index (χ4v) is 2.31. The molecule has 1 aromatic carbocycles. The monoisotopic (exact) mass is 300 g/mol. The van der Waals surface area contributed by atoms with Gasteiger partial charge in [-0.2, -0.15) is 5.10 Å². The number of aromatic nitrogens is 3. The molecule has 0 saturated carbocycles.